The van der Waals surface area contributed by atoms with Crippen LogP contribution in [0.4, 0.5) is 10.9 Å². The summed E-state index contributed by atoms with van der Waals surface area (Å²) in [6, 6.07) is 20.1. The van der Waals surface area contributed by atoms with Gasteiger partial charge in [-0.3, -0.25) is 4.79 Å². The number of fused-ring (bicyclic) bond motifs is 1. The van der Waals surface area contributed by atoms with Gasteiger partial charge in [0.1, 0.15) is 0 Å². The summed E-state index contributed by atoms with van der Waals surface area (Å²) in [4.78, 5) is 19.6. The molecule has 1 unspecified atom stereocenters. The molecule has 1 aliphatic heterocycles. The smallest absolute Gasteiger partial charge is 0.231 e. The monoisotopic (exact) mass is 429 g/mol. The molecule has 31 heavy (non-hydrogen) atoms. The van der Waals surface area contributed by atoms with E-state index in [0.717, 1.165) is 46.7 Å². The van der Waals surface area contributed by atoms with E-state index >= 15 is 0 Å². The van der Waals surface area contributed by atoms with Gasteiger partial charge in [-0.2, -0.15) is 0 Å². The van der Waals surface area contributed by atoms with Gasteiger partial charge in [0.15, 0.2) is 10.9 Å². The van der Waals surface area contributed by atoms with Crippen molar-refractivity contribution in [3.05, 3.63) is 66.2 Å². The second-order valence-corrected chi connectivity index (χ2v) is 8.88. The van der Waals surface area contributed by atoms with Gasteiger partial charge in [-0.25, -0.2) is 4.98 Å². The highest BCUT2D eigenvalue weighted by atomic mass is 32.1. The van der Waals surface area contributed by atoms with Crippen molar-refractivity contribution in [3.8, 4) is 11.3 Å². The number of anilines is 2. The summed E-state index contributed by atoms with van der Waals surface area (Å²) in [5.74, 6) is 0.738. The number of nitrogens with one attached hydrogen (secondary N) is 1. The maximum absolute atomic E-state index is 12.9. The van der Waals surface area contributed by atoms with Gasteiger partial charge in [-0.15, -0.1) is 10.2 Å². The van der Waals surface area contributed by atoms with Gasteiger partial charge in [-0.1, -0.05) is 47.7 Å². The largest absolute Gasteiger partial charge is 0.354 e. The molecule has 3 heterocycles. The van der Waals surface area contributed by atoms with E-state index in [1.807, 2.05) is 48.5 Å². The first-order chi connectivity index (χ1) is 15.2. The van der Waals surface area contributed by atoms with E-state index in [-0.39, 0.29) is 11.8 Å². The Labute approximate surface area is 185 Å². The van der Waals surface area contributed by atoms with Crippen molar-refractivity contribution >= 4 is 38.4 Å². The molecular formula is C24H23N5OS. The summed E-state index contributed by atoms with van der Waals surface area (Å²) in [7, 11) is 0. The first kappa shape index (κ1) is 19.6. The number of rotatable bonds is 4. The molecule has 1 fully saturated rings. The van der Waals surface area contributed by atoms with Crippen LogP contribution in [0.3, 0.4) is 0 Å². The van der Waals surface area contributed by atoms with Gasteiger partial charge in [0.25, 0.3) is 0 Å². The number of para-hydroxylation sites is 1. The molecule has 4 aromatic rings. The van der Waals surface area contributed by atoms with Crippen LogP contribution in [0.1, 0.15) is 18.4 Å². The quantitative estimate of drug-likeness (QED) is 0.499. The van der Waals surface area contributed by atoms with Crippen molar-refractivity contribution in [1.29, 1.82) is 0 Å². The lowest BCUT2D eigenvalue weighted by Gasteiger charge is -2.32. The molecule has 0 bridgehead atoms. The third-order valence-corrected chi connectivity index (χ3v) is 6.66. The fourth-order valence-electron chi connectivity index (χ4n) is 4.03. The molecule has 0 saturated carbocycles. The number of thiazole rings is 1. The third kappa shape index (κ3) is 4.14. The number of hydrogen-bond donors (Lipinski definition) is 1. The van der Waals surface area contributed by atoms with Crippen LogP contribution in [0, 0.1) is 12.8 Å². The van der Waals surface area contributed by atoms with Crippen molar-refractivity contribution in [2.45, 2.75) is 19.8 Å². The molecule has 1 amide bonds. The Bertz CT molecular complexity index is 1190. The molecule has 1 aliphatic rings. The number of amides is 1. The Morgan fingerprint density at radius 1 is 1.06 bits per heavy atom. The lowest BCUT2D eigenvalue weighted by atomic mass is 9.97. The van der Waals surface area contributed by atoms with Crippen LogP contribution in [0.15, 0.2) is 60.7 Å². The predicted octanol–water partition coefficient (Wildman–Crippen LogP) is 4.92. The second-order valence-electron chi connectivity index (χ2n) is 7.85. The summed E-state index contributed by atoms with van der Waals surface area (Å²) < 4.78 is 1.08. The van der Waals surface area contributed by atoms with Crippen molar-refractivity contribution in [2.75, 3.05) is 23.3 Å². The highest BCUT2D eigenvalue weighted by Gasteiger charge is 2.27. The summed E-state index contributed by atoms with van der Waals surface area (Å²) in [5.41, 5.74) is 4.04. The Morgan fingerprint density at radius 2 is 1.90 bits per heavy atom. The maximum atomic E-state index is 12.9. The number of aromatic nitrogens is 3. The van der Waals surface area contributed by atoms with Crippen molar-refractivity contribution in [1.82, 2.24) is 15.2 Å². The van der Waals surface area contributed by atoms with Crippen LogP contribution >= 0.6 is 11.3 Å². The first-order valence-corrected chi connectivity index (χ1v) is 11.3. The first-order valence-electron chi connectivity index (χ1n) is 10.5. The van der Waals surface area contributed by atoms with E-state index in [0.29, 0.717) is 11.7 Å². The Morgan fingerprint density at radius 3 is 2.71 bits per heavy atom. The number of carbonyl (C=O) groups is 1. The lowest BCUT2D eigenvalue weighted by Crippen LogP contribution is -2.41. The lowest BCUT2D eigenvalue weighted by molar-refractivity contribution is -0.120. The molecule has 2 aromatic heterocycles. The fraction of sp³-hybridized carbons (Fsp3) is 0.250. The number of nitrogens with zero attached hydrogens (tertiary/aromatic N) is 4. The average molecular weight is 430 g/mol. The number of benzene rings is 2. The van der Waals surface area contributed by atoms with E-state index in [1.165, 1.54) is 16.9 Å². The molecule has 2 aromatic carbocycles. The van der Waals surface area contributed by atoms with Crippen LogP contribution in [-0.4, -0.2) is 34.2 Å². The number of piperidine rings is 1. The fourth-order valence-corrected chi connectivity index (χ4v) is 4.90. The van der Waals surface area contributed by atoms with Crippen LogP contribution < -0.4 is 10.2 Å². The molecule has 5 rings (SSSR count). The van der Waals surface area contributed by atoms with Gasteiger partial charge >= 0.3 is 0 Å². The molecule has 1 N–H and O–H groups in total. The Hall–Kier alpha value is -3.32. The SMILES string of the molecule is Cc1ccccc1-c1ccc(N2CCCC(C(=O)Nc3nc4ccccc4s3)C2)nn1. The molecule has 1 atom stereocenters. The minimum atomic E-state index is -0.0985. The van der Waals surface area contributed by atoms with Crippen LogP contribution in [0.2, 0.25) is 0 Å². The van der Waals surface area contributed by atoms with E-state index in [1.54, 1.807) is 0 Å². The summed E-state index contributed by atoms with van der Waals surface area (Å²) >= 11 is 1.51. The minimum Gasteiger partial charge on any atom is -0.354 e. The van der Waals surface area contributed by atoms with Crippen LogP contribution in [0.5, 0.6) is 0 Å². The summed E-state index contributed by atoms with van der Waals surface area (Å²) in [6.45, 7) is 3.59. The average Bonchev–Trinajstić information content (AvgIpc) is 3.22. The molecule has 6 nitrogen and oxygen atoms in total. The topological polar surface area (TPSA) is 71.0 Å². The summed E-state index contributed by atoms with van der Waals surface area (Å²) in [5, 5.41) is 12.6. The van der Waals surface area contributed by atoms with Gasteiger partial charge in [0.2, 0.25) is 5.91 Å². The van der Waals surface area contributed by atoms with Crippen LogP contribution in [-0.2, 0) is 4.79 Å². The number of hydrogen-bond acceptors (Lipinski definition) is 6. The molecule has 7 heteroatoms. The third-order valence-electron chi connectivity index (χ3n) is 5.71. The van der Waals surface area contributed by atoms with Crippen molar-refractivity contribution < 1.29 is 4.79 Å². The van der Waals surface area contributed by atoms with E-state index in [9.17, 15) is 4.79 Å². The van der Waals surface area contributed by atoms with E-state index in [2.05, 4.69) is 44.5 Å². The minimum absolute atomic E-state index is 0.0215. The highest BCUT2D eigenvalue weighted by Crippen LogP contribution is 2.28. The zero-order chi connectivity index (χ0) is 21.2. The molecule has 0 aliphatic carbocycles. The molecule has 1 saturated heterocycles. The zero-order valence-electron chi connectivity index (χ0n) is 17.3. The van der Waals surface area contributed by atoms with Gasteiger partial charge < -0.3 is 10.2 Å². The van der Waals surface area contributed by atoms with E-state index < -0.39 is 0 Å². The Balaban J connectivity index is 1.27. The maximum Gasteiger partial charge on any atom is 0.231 e. The second kappa shape index (κ2) is 8.43. The van der Waals surface area contributed by atoms with Gasteiger partial charge in [0.05, 0.1) is 21.8 Å². The highest BCUT2D eigenvalue weighted by molar-refractivity contribution is 7.22. The van der Waals surface area contributed by atoms with Gasteiger partial charge in [0, 0.05) is 18.7 Å². The molecular weight excluding hydrogens is 406 g/mol. The molecule has 0 radical (unpaired) electrons. The Kier molecular flexibility index (Phi) is 5.34. The number of aryl methyl sites for hydroxylation is 1. The normalized spacial score (nSPS) is 16.4. The van der Waals surface area contributed by atoms with Crippen molar-refractivity contribution in [2.24, 2.45) is 5.92 Å². The number of carbonyl (C=O) groups excluding carboxylic acids is 1. The van der Waals surface area contributed by atoms with Crippen molar-refractivity contribution in [3.63, 3.8) is 0 Å². The van der Waals surface area contributed by atoms with Crippen LogP contribution in [0.25, 0.3) is 21.5 Å². The standard InChI is InChI=1S/C24H23N5OS/c1-16-7-2-3-9-18(16)19-12-13-22(28-27-19)29-14-6-8-17(15-29)23(30)26-24-25-20-10-4-5-11-21(20)31-24/h2-5,7,9-13,17H,6,8,14-15H2,1H3,(H,25,26,30). The van der Waals surface area contributed by atoms with Gasteiger partial charge in [-0.05, 0) is 49.6 Å². The predicted molar refractivity (Wildman–Crippen MR) is 125 cm³/mol. The molecule has 156 valence electrons. The zero-order valence-corrected chi connectivity index (χ0v) is 18.1. The summed E-state index contributed by atoms with van der Waals surface area (Å²) in [6.07, 6.45) is 1.81. The van der Waals surface area contributed by atoms with E-state index in [4.69, 9.17) is 0 Å². The molecule has 0 spiro atoms.